The van der Waals surface area contributed by atoms with Crippen molar-refractivity contribution in [2.45, 2.75) is 0 Å². The standard InChI is InChI=1S/C6H2N2S4/c1-3-5(9-11-7-3)2-6-4(1)8-12-10-6/h1-2H/q+2. The summed E-state index contributed by atoms with van der Waals surface area (Å²) in [7, 11) is 6.52. The first-order valence-electron chi connectivity index (χ1n) is 3.21. The van der Waals surface area contributed by atoms with Crippen molar-refractivity contribution in [3.8, 4) is 0 Å². The fourth-order valence-electron chi connectivity index (χ4n) is 1.01. The van der Waals surface area contributed by atoms with Gasteiger partial charge >= 0.3 is 20.9 Å². The van der Waals surface area contributed by atoms with E-state index in [1.165, 1.54) is 30.5 Å². The van der Waals surface area contributed by atoms with E-state index in [-0.39, 0.29) is 0 Å². The lowest BCUT2D eigenvalue weighted by Gasteiger charge is -1.76. The van der Waals surface area contributed by atoms with Gasteiger partial charge in [0.2, 0.25) is 0 Å². The van der Waals surface area contributed by atoms with Crippen LogP contribution in [0.2, 0.25) is 0 Å². The Balaban J connectivity index is 2.62. The van der Waals surface area contributed by atoms with Crippen LogP contribution in [0.3, 0.4) is 0 Å². The first kappa shape index (κ1) is 7.14. The Morgan fingerprint density at radius 2 is 2.25 bits per heavy atom. The average molecular weight is 230 g/mol. The predicted molar refractivity (Wildman–Crippen MR) is 57.4 cm³/mol. The van der Waals surface area contributed by atoms with Crippen molar-refractivity contribution >= 4 is 62.2 Å². The van der Waals surface area contributed by atoms with Crippen LogP contribution in [0.4, 0.5) is 0 Å². The summed E-state index contributed by atoms with van der Waals surface area (Å²) >= 11 is 0. The molecule has 0 aliphatic heterocycles. The fraction of sp³-hybridized carbons (Fsp3) is 0. The van der Waals surface area contributed by atoms with Crippen molar-refractivity contribution in [2.24, 2.45) is 0 Å². The SMILES string of the molecule is c1c2n[s+]sc2cc2[s+]snc12. The van der Waals surface area contributed by atoms with Gasteiger partial charge in [-0.25, -0.2) is 0 Å². The van der Waals surface area contributed by atoms with Crippen LogP contribution in [0.15, 0.2) is 12.1 Å². The second-order valence-electron chi connectivity index (χ2n) is 2.29. The van der Waals surface area contributed by atoms with E-state index in [0.29, 0.717) is 0 Å². The molecule has 0 saturated heterocycles. The highest BCUT2D eigenvalue weighted by Crippen LogP contribution is 2.30. The van der Waals surface area contributed by atoms with E-state index in [4.69, 9.17) is 0 Å². The van der Waals surface area contributed by atoms with Crippen molar-refractivity contribution in [1.29, 1.82) is 0 Å². The summed E-state index contributed by atoms with van der Waals surface area (Å²) in [6, 6.07) is 4.23. The van der Waals surface area contributed by atoms with Crippen LogP contribution in [0.1, 0.15) is 0 Å². The molecule has 6 heteroatoms. The zero-order chi connectivity index (χ0) is 7.97. The van der Waals surface area contributed by atoms with Gasteiger partial charge in [-0.1, -0.05) is 0 Å². The molecule has 0 aliphatic carbocycles. The van der Waals surface area contributed by atoms with E-state index in [2.05, 4.69) is 20.9 Å². The van der Waals surface area contributed by atoms with Crippen molar-refractivity contribution in [2.75, 3.05) is 0 Å². The lowest BCUT2D eigenvalue weighted by molar-refractivity contribution is 1.65. The van der Waals surface area contributed by atoms with Gasteiger partial charge in [0.25, 0.3) is 15.2 Å². The van der Waals surface area contributed by atoms with E-state index in [1.54, 1.807) is 20.7 Å². The fourth-order valence-corrected chi connectivity index (χ4v) is 4.60. The summed E-state index contributed by atoms with van der Waals surface area (Å²) in [5.74, 6) is 0. The van der Waals surface area contributed by atoms with E-state index >= 15 is 0 Å². The average Bonchev–Trinajstić information content (AvgIpc) is 2.64. The zero-order valence-electron chi connectivity index (χ0n) is 5.68. The van der Waals surface area contributed by atoms with Crippen LogP contribution in [0.25, 0.3) is 20.4 Å². The predicted octanol–water partition coefficient (Wildman–Crippen LogP) is 3.59. The Morgan fingerprint density at radius 1 is 1.25 bits per heavy atom. The van der Waals surface area contributed by atoms with Gasteiger partial charge < -0.3 is 0 Å². The normalized spacial score (nSPS) is 11.3. The van der Waals surface area contributed by atoms with E-state index in [1.807, 2.05) is 0 Å². The highest BCUT2D eigenvalue weighted by molar-refractivity contribution is 7.70. The van der Waals surface area contributed by atoms with Gasteiger partial charge in [-0.05, 0) is 0 Å². The number of nitrogens with zero attached hydrogens (tertiary/aromatic N) is 2. The van der Waals surface area contributed by atoms with Gasteiger partial charge in [0.1, 0.15) is 10.2 Å². The highest BCUT2D eigenvalue weighted by atomic mass is 32.9. The first-order chi connectivity index (χ1) is 5.93. The Morgan fingerprint density at radius 3 is 3.25 bits per heavy atom. The third-order valence-electron chi connectivity index (χ3n) is 1.57. The molecule has 3 aromatic rings. The summed E-state index contributed by atoms with van der Waals surface area (Å²) in [5.41, 5.74) is 2.16. The number of aromatic nitrogens is 2. The Bertz CT molecular complexity index is 449. The Labute approximate surface area is 82.9 Å². The molecule has 0 saturated carbocycles. The smallest absolute Gasteiger partial charge is 0.135 e. The summed E-state index contributed by atoms with van der Waals surface area (Å²) in [6.07, 6.45) is 0. The second kappa shape index (κ2) is 2.59. The highest BCUT2D eigenvalue weighted by Gasteiger charge is 2.15. The molecular formula is C6H2N2S4+2. The number of hydrogen-bond acceptors (Lipinski definition) is 4. The molecule has 0 N–H and O–H groups in total. The first-order valence-corrected chi connectivity index (χ1v) is 7.42. The van der Waals surface area contributed by atoms with Gasteiger partial charge in [0, 0.05) is 16.5 Å². The van der Waals surface area contributed by atoms with Crippen LogP contribution in [0.5, 0.6) is 0 Å². The minimum atomic E-state index is 1.08. The van der Waals surface area contributed by atoms with Crippen molar-refractivity contribution in [1.82, 2.24) is 8.75 Å². The van der Waals surface area contributed by atoms with Crippen LogP contribution in [-0.4, -0.2) is 8.75 Å². The van der Waals surface area contributed by atoms with Crippen molar-refractivity contribution in [3.63, 3.8) is 0 Å². The van der Waals surface area contributed by atoms with E-state index in [0.717, 1.165) is 11.0 Å². The summed E-state index contributed by atoms with van der Waals surface area (Å²) in [5, 5.41) is 0. The monoisotopic (exact) mass is 230 g/mol. The van der Waals surface area contributed by atoms with Gasteiger partial charge in [0.05, 0.1) is 0 Å². The maximum absolute atomic E-state index is 4.28. The van der Waals surface area contributed by atoms with Gasteiger partial charge in [-0.15, -0.1) is 4.37 Å². The molecule has 0 amide bonds. The van der Waals surface area contributed by atoms with Crippen LogP contribution in [-0.2, 0) is 0 Å². The molecule has 1 aromatic carbocycles. The van der Waals surface area contributed by atoms with Crippen molar-refractivity contribution < 1.29 is 0 Å². The summed E-state index contributed by atoms with van der Waals surface area (Å²) in [6.45, 7) is 0. The number of hydrogen-bond donors (Lipinski definition) is 0. The molecule has 0 atom stereocenters. The molecule has 2 nitrogen and oxygen atoms in total. The number of fused-ring (bicyclic) bond motifs is 2. The van der Waals surface area contributed by atoms with E-state index < -0.39 is 0 Å². The molecule has 58 valence electrons. The molecule has 0 unspecified atom stereocenters. The van der Waals surface area contributed by atoms with Gasteiger partial charge in [0.15, 0.2) is 15.9 Å². The maximum atomic E-state index is 4.28. The molecule has 0 fully saturated rings. The van der Waals surface area contributed by atoms with Gasteiger partial charge in [-0.2, -0.15) is 0 Å². The zero-order valence-corrected chi connectivity index (χ0v) is 8.95. The summed E-state index contributed by atoms with van der Waals surface area (Å²) < 4.78 is 11.1. The Hall–Kier alpha value is -0.300. The van der Waals surface area contributed by atoms with Gasteiger partial charge in [-0.3, -0.25) is 0 Å². The molecule has 3 rings (SSSR count). The lowest BCUT2D eigenvalue weighted by Crippen LogP contribution is -1.67. The molecular weight excluding hydrogens is 228 g/mol. The minimum Gasteiger partial charge on any atom is -0.135 e. The largest absolute Gasteiger partial charge is 0.440 e. The van der Waals surface area contributed by atoms with Crippen LogP contribution in [0, 0.1) is 0 Å². The topological polar surface area (TPSA) is 25.8 Å². The molecule has 12 heavy (non-hydrogen) atoms. The molecule has 0 spiro atoms. The molecule has 0 aliphatic rings. The minimum absolute atomic E-state index is 1.08. The number of benzene rings is 1. The van der Waals surface area contributed by atoms with Crippen LogP contribution < -0.4 is 0 Å². The molecule has 0 bridgehead atoms. The third-order valence-corrected chi connectivity index (χ3v) is 5.24. The van der Waals surface area contributed by atoms with Crippen LogP contribution >= 0.6 is 41.8 Å². The Kier molecular flexibility index (Phi) is 1.54. The third kappa shape index (κ3) is 0.957. The maximum Gasteiger partial charge on any atom is 0.440 e. The lowest BCUT2D eigenvalue weighted by atomic mass is 10.3. The molecule has 2 heterocycles. The second-order valence-corrected chi connectivity index (χ2v) is 6.06. The van der Waals surface area contributed by atoms with Crippen molar-refractivity contribution in [3.05, 3.63) is 12.1 Å². The number of rotatable bonds is 0. The summed E-state index contributed by atoms with van der Waals surface area (Å²) in [4.78, 5) is 0. The van der Waals surface area contributed by atoms with E-state index in [9.17, 15) is 0 Å². The quantitative estimate of drug-likeness (QED) is 0.435. The molecule has 2 aromatic heterocycles. The molecule has 0 radical (unpaired) electrons.